The molecule has 8 atom stereocenters. The molecule has 0 unspecified atom stereocenters. The minimum Gasteiger partial charge on any atom is -0.462 e. The molecule has 0 bridgehead atoms. The fourth-order valence-electron chi connectivity index (χ4n) is 7.41. The van der Waals surface area contributed by atoms with Crippen molar-refractivity contribution in [3.8, 4) is 0 Å². The molecule has 0 aliphatic heterocycles. The van der Waals surface area contributed by atoms with Gasteiger partial charge in [-0.15, -0.1) is 0 Å². The molecule has 0 aromatic heterocycles. The van der Waals surface area contributed by atoms with E-state index in [1.807, 2.05) is 13.0 Å². The number of allylic oxidation sites excluding steroid dienone is 4. The van der Waals surface area contributed by atoms with E-state index < -0.39 is 53.0 Å². The lowest BCUT2D eigenvalue weighted by molar-refractivity contribution is -0.200. The molecule has 4 aliphatic carbocycles. The number of ketones is 2. The maximum Gasteiger partial charge on any atom is 0.303 e. The van der Waals surface area contributed by atoms with E-state index in [4.69, 9.17) is 9.47 Å². The van der Waals surface area contributed by atoms with E-state index in [1.54, 1.807) is 19.1 Å². The van der Waals surface area contributed by atoms with E-state index in [2.05, 4.69) is 0 Å². The third-order valence-electron chi connectivity index (χ3n) is 8.84. The standard InChI is InChI=1S/C25H32O8/c1-13(26)32-12-21(30)25(31)20(29)10-18-17-6-5-15-9-16(28)7-8-23(15,3)22(17)19(33-14(2)27)11-24(18,25)4/h7-9,17-20,22,29,31H,5-6,10-12H2,1-4H3/t17-,18+,19-,20+,22-,23-,24+,25-/m0/s1. The highest BCUT2D eigenvalue weighted by Gasteiger charge is 2.72. The second-order valence-corrected chi connectivity index (χ2v) is 10.5. The summed E-state index contributed by atoms with van der Waals surface area (Å²) in [5, 5.41) is 22.6. The predicted octanol–water partition coefficient (Wildman–Crippen LogP) is 1.67. The molecule has 0 radical (unpaired) electrons. The zero-order chi connectivity index (χ0) is 24.3. The lowest BCUT2D eigenvalue weighted by Crippen LogP contribution is -2.64. The van der Waals surface area contributed by atoms with Gasteiger partial charge in [-0.3, -0.25) is 19.2 Å². The smallest absolute Gasteiger partial charge is 0.303 e. The van der Waals surface area contributed by atoms with Crippen LogP contribution in [0.2, 0.25) is 0 Å². The van der Waals surface area contributed by atoms with E-state index in [-0.39, 0.29) is 36.4 Å². The molecule has 8 heteroatoms. The van der Waals surface area contributed by atoms with Crippen molar-refractivity contribution in [3.63, 3.8) is 0 Å². The maximum atomic E-state index is 13.1. The van der Waals surface area contributed by atoms with Gasteiger partial charge >= 0.3 is 11.9 Å². The third kappa shape index (κ3) is 3.41. The Labute approximate surface area is 193 Å². The van der Waals surface area contributed by atoms with Crippen molar-refractivity contribution in [2.45, 2.75) is 71.2 Å². The predicted molar refractivity (Wildman–Crippen MR) is 116 cm³/mol. The topological polar surface area (TPSA) is 127 Å². The van der Waals surface area contributed by atoms with Crippen LogP contribution in [-0.2, 0) is 28.7 Å². The Morgan fingerprint density at radius 3 is 2.52 bits per heavy atom. The molecule has 0 aromatic carbocycles. The average Bonchev–Trinajstić information content (AvgIpc) is 2.93. The summed E-state index contributed by atoms with van der Waals surface area (Å²) in [6, 6.07) is 0. The molecule has 0 aromatic rings. The van der Waals surface area contributed by atoms with Crippen LogP contribution >= 0.6 is 0 Å². The maximum absolute atomic E-state index is 13.1. The number of ether oxygens (including phenoxy) is 2. The monoisotopic (exact) mass is 460 g/mol. The second kappa shape index (κ2) is 7.87. The lowest BCUT2D eigenvalue weighted by Gasteiger charge is -2.59. The summed E-state index contributed by atoms with van der Waals surface area (Å²) in [5.74, 6) is -2.38. The lowest BCUT2D eigenvalue weighted by atomic mass is 9.46. The normalized spacial score (nSPS) is 43.6. The van der Waals surface area contributed by atoms with Gasteiger partial charge in [0.15, 0.2) is 18.0 Å². The molecular weight excluding hydrogens is 428 g/mol. The van der Waals surface area contributed by atoms with Crippen molar-refractivity contribution in [3.05, 3.63) is 23.8 Å². The summed E-state index contributed by atoms with van der Waals surface area (Å²) >= 11 is 0. The number of Topliss-reactive ketones (excluding diaryl/α,β-unsaturated/α-hetero) is 1. The van der Waals surface area contributed by atoms with Gasteiger partial charge in [0.25, 0.3) is 0 Å². The Morgan fingerprint density at radius 1 is 1.18 bits per heavy atom. The summed E-state index contributed by atoms with van der Waals surface area (Å²) < 4.78 is 10.7. The molecule has 180 valence electrons. The van der Waals surface area contributed by atoms with Crippen LogP contribution in [0.4, 0.5) is 0 Å². The Balaban J connectivity index is 1.77. The Morgan fingerprint density at radius 2 is 1.88 bits per heavy atom. The van der Waals surface area contributed by atoms with Crippen LogP contribution in [0.1, 0.15) is 53.4 Å². The van der Waals surface area contributed by atoms with Crippen molar-refractivity contribution in [2.24, 2.45) is 28.6 Å². The summed E-state index contributed by atoms with van der Waals surface area (Å²) in [4.78, 5) is 48.5. The minimum absolute atomic E-state index is 0.0571. The van der Waals surface area contributed by atoms with Crippen molar-refractivity contribution in [2.75, 3.05) is 6.61 Å². The van der Waals surface area contributed by atoms with Crippen LogP contribution in [0, 0.1) is 28.6 Å². The van der Waals surface area contributed by atoms with Gasteiger partial charge in [-0.25, -0.2) is 0 Å². The first-order chi connectivity index (χ1) is 15.3. The van der Waals surface area contributed by atoms with Crippen LogP contribution < -0.4 is 0 Å². The molecule has 3 fully saturated rings. The number of esters is 2. The van der Waals surface area contributed by atoms with E-state index in [0.29, 0.717) is 12.8 Å². The van der Waals surface area contributed by atoms with Crippen molar-refractivity contribution >= 4 is 23.5 Å². The Kier molecular flexibility index (Phi) is 5.69. The Bertz CT molecular complexity index is 965. The summed E-state index contributed by atoms with van der Waals surface area (Å²) in [6.45, 7) is 5.67. The molecule has 3 saturated carbocycles. The second-order valence-electron chi connectivity index (χ2n) is 10.5. The Hall–Kier alpha value is -2.32. The molecule has 4 aliphatic rings. The van der Waals surface area contributed by atoms with Crippen LogP contribution in [0.25, 0.3) is 0 Å². The fourth-order valence-corrected chi connectivity index (χ4v) is 7.41. The van der Waals surface area contributed by atoms with Gasteiger partial charge < -0.3 is 19.7 Å². The SMILES string of the molecule is CC(=O)OCC(=O)[C@@]1(O)[C@H](O)C[C@@H]2[C@@H]3CCC4=CC(=O)C=C[C@]4(C)[C@@H]3[C@@H](OC(C)=O)C[C@]21C. The van der Waals surface area contributed by atoms with Gasteiger partial charge in [0, 0.05) is 30.6 Å². The molecule has 0 spiro atoms. The fraction of sp³-hybridized carbons (Fsp3) is 0.680. The quantitative estimate of drug-likeness (QED) is 0.607. The third-order valence-corrected chi connectivity index (χ3v) is 8.84. The molecule has 0 heterocycles. The highest BCUT2D eigenvalue weighted by Crippen LogP contribution is 2.67. The summed E-state index contributed by atoms with van der Waals surface area (Å²) in [6.07, 6.45) is 4.88. The van der Waals surface area contributed by atoms with Crippen LogP contribution in [0.5, 0.6) is 0 Å². The number of aliphatic hydroxyl groups excluding tert-OH is 1. The largest absolute Gasteiger partial charge is 0.462 e. The van der Waals surface area contributed by atoms with E-state index in [0.717, 1.165) is 5.57 Å². The van der Waals surface area contributed by atoms with E-state index in [9.17, 15) is 29.4 Å². The molecule has 0 amide bonds. The number of aliphatic hydroxyl groups is 2. The molecule has 2 N–H and O–H groups in total. The van der Waals surface area contributed by atoms with Crippen LogP contribution in [0.15, 0.2) is 23.8 Å². The van der Waals surface area contributed by atoms with Crippen molar-refractivity contribution < 1.29 is 38.9 Å². The number of carbonyl (C=O) groups is 4. The minimum atomic E-state index is -2.13. The number of carbonyl (C=O) groups excluding carboxylic acids is 4. The van der Waals surface area contributed by atoms with Crippen molar-refractivity contribution in [1.29, 1.82) is 0 Å². The van der Waals surface area contributed by atoms with Gasteiger partial charge in [-0.1, -0.05) is 25.5 Å². The van der Waals surface area contributed by atoms with Gasteiger partial charge in [-0.05, 0) is 49.7 Å². The zero-order valence-corrected chi connectivity index (χ0v) is 19.5. The van der Waals surface area contributed by atoms with Gasteiger partial charge in [0.1, 0.15) is 6.10 Å². The highest BCUT2D eigenvalue weighted by atomic mass is 16.5. The molecule has 33 heavy (non-hydrogen) atoms. The first-order valence-corrected chi connectivity index (χ1v) is 11.5. The van der Waals surface area contributed by atoms with Gasteiger partial charge in [0.2, 0.25) is 5.78 Å². The van der Waals surface area contributed by atoms with E-state index >= 15 is 0 Å². The molecular formula is C25H32O8. The molecule has 0 saturated heterocycles. The van der Waals surface area contributed by atoms with Crippen LogP contribution in [0.3, 0.4) is 0 Å². The number of rotatable bonds is 4. The molecule has 4 rings (SSSR count). The summed E-state index contributed by atoms with van der Waals surface area (Å²) in [5.41, 5.74) is -2.73. The number of hydrogen-bond acceptors (Lipinski definition) is 8. The van der Waals surface area contributed by atoms with Gasteiger partial charge in [-0.2, -0.15) is 0 Å². The zero-order valence-electron chi connectivity index (χ0n) is 19.5. The highest BCUT2D eigenvalue weighted by molar-refractivity contribution is 6.01. The number of fused-ring (bicyclic) bond motifs is 5. The first kappa shape index (κ1) is 23.8. The number of hydrogen-bond donors (Lipinski definition) is 2. The van der Waals surface area contributed by atoms with Crippen molar-refractivity contribution in [1.82, 2.24) is 0 Å². The summed E-state index contributed by atoms with van der Waals surface area (Å²) in [7, 11) is 0. The van der Waals surface area contributed by atoms with E-state index in [1.165, 1.54) is 13.8 Å². The van der Waals surface area contributed by atoms with Crippen LogP contribution in [-0.4, -0.2) is 58.1 Å². The van der Waals surface area contributed by atoms with Gasteiger partial charge in [0.05, 0.1) is 6.10 Å². The first-order valence-electron chi connectivity index (χ1n) is 11.5. The average molecular weight is 461 g/mol. The molecule has 8 nitrogen and oxygen atoms in total.